The van der Waals surface area contributed by atoms with E-state index in [1.54, 1.807) is 6.92 Å². The number of piperidine rings is 1. The van der Waals surface area contributed by atoms with Crippen LogP contribution in [0.5, 0.6) is 0 Å². The summed E-state index contributed by atoms with van der Waals surface area (Å²) in [6, 6.07) is 0. The Balaban J connectivity index is 2.39. The summed E-state index contributed by atoms with van der Waals surface area (Å²) in [5.74, 6) is 0. The first kappa shape index (κ1) is 12.5. The molecule has 6 nitrogen and oxygen atoms in total. The van der Waals surface area contributed by atoms with Crippen molar-refractivity contribution in [2.75, 3.05) is 13.1 Å². The average molecular weight is 259 g/mol. The van der Waals surface area contributed by atoms with Gasteiger partial charge in [-0.25, -0.2) is 8.42 Å². The molecular weight excluding hydrogens is 242 g/mol. The van der Waals surface area contributed by atoms with Crippen LogP contribution in [0.15, 0.2) is 4.90 Å². The van der Waals surface area contributed by atoms with E-state index in [1.165, 1.54) is 4.31 Å². The fourth-order valence-corrected chi connectivity index (χ4v) is 3.99. The van der Waals surface area contributed by atoms with Gasteiger partial charge in [-0.2, -0.15) is 9.40 Å². The fraction of sp³-hybridized carbons (Fsp3) is 0.700. The van der Waals surface area contributed by atoms with Crippen LogP contribution in [0.25, 0.3) is 0 Å². The number of hydrogen-bond donors (Lipinski definition) is 2. The lowest BCUT2D eigenvalue weighted by molar-refractivity contribution is 0.272. The van der Waals surface area contributed by atoms with Gasteiger partial charge in [0.15, 0.2) is 0 Å². The van der Waals surface area contributed by atoms with Crippen LogP contribution in [0.2, 0.25) is 0 Å². The number of hydrogen-bond acceptors (Lipinski definition) is 4. The van der Waals surface area contributed by atoms with Crippen molar-refractivity contribution >= 4 is 10.0 Å². The van der Waals surface area contributed by atoms with Gasteiger partial charge in [-0.3, -0.25) is 5.10 Å². The number of aliphatic hydroxyl groups is 1. The van der Waals surface area contributed by atoms with Crippen molar-refractivity contribution in [2.24, 2.45) is 0 Å². The first-order chi connectivity index (χ1) is 8.07. The Morgan fingerprint density at radius 2 is 2.00 bits per heavy atom. The molecule has 96 valence electrons. The number of nitrogens with zero attached hydrogens (tertiary/aromatic N) is 2. The number of nitrogens with one attached hydrogen (secondary N) is 1. The molecule has 1 fully saturated rings. The topological polar surface area (TPSA) is 86.3 Å². The average Bonchev–Trinajstić information content (AvgIpc) is 2.72. The third-order valence-corrected chi connectivity index (χ3v) is 5.13. The molecule has 0 radical (unpaired) electrons. The largest absolute Gasteiger partial charge is 0.390 e. The number of aryl methyl sites for hydroxylation is 1. The van der Waals surface area contributed by atoms with E-state index in [-0.39, 0.29) is 17.2 Å². The standard InChI is InChI=1S/C10H17N3O3S/c1-8-10(9(7-14)12-11-8)17(15,16)13-5-3-2-4-6-13/h14H,2-7H2,1H3,(H,11,12). The van der Waals surface area contributed by atoms with Gasteiger partial charge in [0.1, 0.15) is 10.6 Å². The highest BCUT2D eigenvalue weighted by atomic mass is 32.2. The van der Waals surface area contributed by atoms with Crippen LogP contribution in [0.3, 0.4) is 0 Å². The van der Waals surface area contributed by atoms with E-state index in [9.17, 15) is 8.42 Å². The molecule has 2 rings (SSSR count). The van der Waals surface area contributed by atoms with Crippen LogP contribution in [0.1, 0.15) is 30.7 Å². The van der Waals surface area contributed by atoms with E-state index < -0.39 is 10.0 Å². The first-order valence-corrected chi connectivity index (χ1v) is 7.16. The zero-order valence-corrected chi connectivity index (χ0v) is 10.6. The predicted molar refractivity (Wildman–Crippen MR) is 61.9 cm³/mol. The van der Waals surface area contributed by atoms with Crippen molar-refractivity contribution in [1.29, 1.82) is 0 Å². The van der Waals surface area contributed by atoms with Gasteiger partial charge in [-0.1, -0.05) is 6.42 Å². The van der Waals surface area contributed by atoms with Crippen LogP contribution in [-0.2, 0) is 16.6 Å². The van der Waals surface area contributed by atoms with E-state index >= 15 is 0 Å². The van der Waals surface area contributed by atoms with Gasteiger partial charge in [0, 0.05) is 13.1 Å². The third-order valence-electron chi connectivity index (χ3n) is 3.02. The zero-order valence-electron chi connectivity index (χ0n) is 9.81. The van der Waals surface area contributed by atoms with Crippen LogP contribution in [-0.4, -0.2) is 41.1 Å². The predicted octanol–water partition coefficient (Wildman–Crippen LogP) is 0.385. The van der Waals surface area contributed by atoms with Crippen LogP contribution >= 0.6 is 0 Å². The molecule has 0 aliphatic carbocycles. The summed E-state index contributed by atoms with van der Waals surface area (Å²) in [6.07, 6.45) is 2.86. The molecule has 0 unspecified atom stereocenters. The van der Waals surface area contributed by atoms with Crippen molar-refractivity contribution < 1.29 is 13.5 Å². The molecule has 0 atom stereocenters. The number of aromatic nitrogens is 2. The van der Waals surface area contributed by atoms with E-state index in [0.717, 1.165) is 19.3 Å². The Labute approximate surface area is 101 Å². The lowest BCUT2D eigenvalue weighted by atomic mass is 10.2. The Morgan fingerprint density at radius 3 is 2.59 bits per heavy atom. The van der Waals surface area contributed by atoms with E-state index in [4.69, 9.17) is 5.11 Å². The Hall–Kier alpha value is -0.920. The second kappa shape index (κ2) is 4.75. The van der Waals surface area contributed by atoms with Crippen LogP contribution in [0.4, 0.5) is 0 Å². The molecule has 1 aromatic heterocycles. The summed E-state index contributed by atoms with van der Waals surface area (Å²) in [5, 5.41) is 15.6. The minimum atomic E-state index is -3.51. The number of aliphatic hydroxyl groups excluding tert-OH is 1. The molecule has 7 heteroatoms. The highest BCUT2D eigenvalue weighted by molar-refractivity contribution is 7.89. The maximum absolute atomic E-state index is 12.4. The molecule has 0 amide bonds. The normalized spacial score (nSPS) is 18.5. The highest BCUT2D eigenvalue weighted by Crippen LogP contribution is 2.24. The molecular formula is C10H17N3O3S. The highest BCUT2D eigenvalue weighted by Gasteiger charge is 2.31. The molecule has 17 heavy (non-hydrogen) atoms. The quantitative estimate of drug-likeness (QED) is 0.822. The third kappa shape index (κ3) is 2.22. The van der Waals surface area contributed by atoms with Crippen LogP contribution in [0, 0.1) is 6.92 Å². The molecule has 2 heterocycles. The van der Waals surface area contributed by atoms with Gasteiger partial charge in [-0.05, 0) is 19.8 Å². The first-order valence-electron chi connectivity index (χ1n) is 5.72. The summed E-state index contributed by atoms with van der Waals surface area (Å²) in [6.45, 7) is 2.39. The molecule has 1 saturated heterocycles. The van der Waals surface area contributed by atoms with Gasteiger partial charge in [0.2, 0.25) is 10.0 Å². The van der Waals surface area contributed by atoms with Gasteiger partial charge in [0.25, 0.3) is 0 Å². The van der Waals surface area contributed by atoms with Crippen LogP contribution < -0.4 is 0 Å². The molecule has 0 bridgehead atoms. The SMILES string of the molecule is Cc1[nH]nc(CO)c1S(=O)(=O)N1CCCCC1. The Kier molecular flexibility index (Phi) is 3.50. The summed E-state index contributed by atoms with van der Waals surface area (Å²) in [7, 11) is -3.51. The summed E-state index contributed by atoms with van der Waals surface area (Å²) < 4.78 is 26.3. The maximum atomic E-state index is 12.4. The minimum Gasteiger partial charge on any atom is -0.390 e. The number of rotatable bonds is 3. The smallest absolute Gasteiger partial charge is 0.246 e. The van der Waals surface area contributed by atoms with E-state index in [2.05, 4.69) is 10.2 Å². The molecule has 2 N–H and O–H groups in total. The lowest BCUT2D eigenvalue weighted by Gasteiger charge is -2.25. The van der Waals surface area contributed by atoms with E-state index in [1.807, 2.05) is 0 Å². The van der Waals surface area contributed by atoms with E-state index in [0.29, 0.717) is 18.8 Å². The number of sulfonamides is 1. The number of aromatic amines is 1. The van der Waals surface area contributed by atoms with Gasteiger partial charge in [0.05, 0.1) is 12.3 Å². The van der Waals surface area contributed by atoms with Crippen molar-refractivity contribution in [1.82, 2.24) is 14.5 Å². The summed E-state index contributed by atoms with van der Waals surface area (Å²) in [4.78, 5) is 0.141. The Bertz CT molecular complexity index is 489. The van der Waals surface area contributed by atoms with Crippen molar-refractivity contribution in [3.05, 3.63) is 11.4 Å². The monoisotopic (exact) mass is 259 g/mol. The minimum absolute atomic E-state index is 0.141. The van der Waals surface area contributed by atoms with Gasteiger partial charge >= 0.3 is 0 Å². The van der Waals surface area contributed by atoms with Crippen molar-refractivity contribution in [2.45, 2.75) is 37.7 Å². The van der Waals surface area contributed by atoms with Crippen molar-refractivity contribution in [3.63, 3.8) is 0 Å². The summed E-state index contributed by atoms with van der Waals surface area (Å²) >= 11 is 0. The second-order valence-electron chi connectivity index (χ2n) is 4.25. The molecule has 0 aromatic carbocycles. The molecule has 0 saturated carbocycles. The molecule has 0 spiro atoms. The Morgan fingerprint density at radius 1 is 1.35 bits per heavy atom. The molecule has 1 aliphatic rings. The number of H-pyrrole nitrogens is 1. The van der Waals surface area contributed by atoms with Crippen molar-refractivity contribution in [3.8, 4) is 0 Å². The molecule has 1 aromatic rings. The summed E-state index contributed by atoms with van der Waals surface area (Å²) in [5.41, 5.74) is 0.688. The zero-order chi connectivity index (χ0) is 12.5. The van der Waals surface area contributed by atoms with Gasteiger partial charge < -0.3 is 5.11 Å². The molecule has 1 aliphatic heterocycles. The fourth-order valence-electron chi connectivity index (χ4n) is 2.15. The second-order valence-corrected chi connectivity index (χ2v) is 6.12. The lowest BCUT2D eigenvalue weighted by Crippen LogP contribution is -2.36. The van der Waals surface area contributed by atoms with Gasteiger partial charge in [-0.15, -0.1) is 0 Å². The maximum Gasteiger partial charge on any atom is 0.246 e.